The number of nitrogens with one attached hydrogen (secondary N) is 3. The van der Waals surface area contributed by atoms with E-state index >= 15 is 0 Å². The standard InChI is InChI=1S/C22H25N5O2/c1-15(20-25-18-11-5-6-12-19(18)26-20)23-21(28)16-8-7-13-27(14-16)22(29)24-17-9-3-2-4-10-17/h2-6,9-12,15-16H,7-8,13-14H2,1H3,(H,23,28)(H,24,29)(H,25,26). The molecule has 1 saturated heterocycles. The fraction of sp³-hybridized carbons (Fsp3) is 0.318. The van der Waals surface area contributed by atoms with Crippen molar-refractivity contribution < 1.29 is 9.59 Å². The molecule has 0 bridgehead atoms. The number of urea groups is 1. The summed E-state index contributed by atoms with van der Waals surface area (Å²) in [6, 6.07) is 16.7. The normalized spacial score (nSPS) is 17.7. The Balaban J connectivity index is 1.36. The van der Waals surface area contributed by atoms with E-state index in [-0.39, 0.29) is 23.9 Å². The molecule has 0 radical (unpaired) electrons. The first kappa shape index (κ1) is 19.0. The summed E-state index contributed by atoms with van der Waals surface area (Å²) < 4.78 is 0. The number of rotatable bonds is 4. The molecule has 7 nitrogen and oxygen atoms in total. The topological polar surface area (TPSA) is 90.1 Å². The lowest BCUT2D eigenvalue weighted by Crippen LogP contribution is -2.47. The zero-order valence-corrected chi connectivity index (χ0v) is 16.4. The maximum absolute atomic E-state index is 12.8. The summed E-state index contributed by atoms with van der Waals surface area (Å²) in [4.78, 5) is 34.9. The minimum Gasteiger partial charge on any atom is -0.346 e. The van der Waals surface area contributed by atoms with Crippen LogP contribution in [0.5, 0.6) is 0 Å². The number of aromatic nitrogens is 2. The third-order valence-corrected chi connectivity index (χ3v) is 5.28. The van der Waals surface area contributed by atoms with Gasteiger partial charge in [-0.1, -0.05) is 30.3 Å². The number of hydrogen-bond donors (Lipinski definition) is 3. The summed E-state index contributed by atoms with van der Waals surface area (Å²) in [6.45, 7) is 2.98. The lowest BCUT2D eigenvalue weighted by atomic mass is 9.97. The first-order chi connectivity index (χ1) is 14.1. The molecule has 2 atom stereocenters. The monoisotopic (exact) mass is 391 g/mol. The van der Waals surface area contributed by atoms with E-state index in [0.29, 0.717) is 13.1 Å². The Bertz CT molecular complexity index is 968. The number of fused-ring (bicyclic) bond motifs is 1. The number of benzene rings is 2. The van der Waals surface area contributed by atoms with Crippen LogP contribution in [0.2, 0.25) is 0 Å². The summed E-state index contributed by atoms with van der Waals surface area (Å²) in [5.74, 6) is 0.460. The Hall–Kier alpha value is -3.35. The van der Waals surface area contributed by atoms with Gasteiger partial charge in [-0.15, -0.1) is 0 Å². The van der Waals surface area contributed by atoms with Crippen molar-refractivity contribution in [3.63, 3.8) is 0 Å². The van der Waals surface area contributed by atoms with Crippen molar-refractivity contribution in [3.8, 4) is 0 Å². The van der Waals surface area contributed by atoms with E-state index in [9.17, 15) is 9.59 Å². The first-order valence-corrected chi connectivity index (χ1v) is 9.96. The van der Waals surface area contributed by atoms with Gasteiger partial charge in [0.2, 0.25) is 5.91 Å². The average Bonchev–Trinajstić information content (AvgIpc) is 3.19. The highest BCUT2D eigenvalue weighted by Gasteiger charge is 2.29. The van der Waals surface area contributed by atoms with Crippen LogP contribution in [-0.2, 0) is 4.79 Å². The highest BCUT2D eigenvalue weighted by Crippen LogP contribution is 2.20. The fourth-order valence-corrected chi connectivity index (χ4v) is 3.68. The lowest BCUT2D eigenvalue weighted by molar-refractivity contribution is -0.127. The predicted octanol–water partition coefficient (Wildman–Crippen LogP) is 3.68. The second-order valence-corrected chi connectivity index (χ2v) is 7.45. The minimum atomic E-state index is -0.233. The van der Waals surface area contributed by atoms with Gasteiger partial charge < -0.3 is 20.5 Å². The van der Waals surface area contributed by atoms with Crippen LogP contribution in [0.3, 0.4) is 0 Å². The SMILES string of the molecule is CC(NC(=O)C1CCCN(C(=O)Nc2ccccc2)C1)c1nc2ccccc2[nH]1. The van der Waals surface area contributed by atoms with E-state index in [1.807, 2.05) is 61.5 Å². The van der Waals surface area contributed by atoms with E-state index in [1.54, 1.807) is 4.90 Å². The van der Waals surface area contributed by atoms with Gasteiger partial charge in [0, 0.05) is 18.8 Å². The van der Waals surface area contributed by atoms with E-state index in [4.69, 9.17) is 0 Å². The van der Waals surface area contributed by atoms with Crippen molar-refractivity contribution in [2.75, 3.05) is 18.4 Å². The second kappa shape index (κ2) is 8.34. The molecule has 0 spiro atoms. The molecular formula is C22H25N5O2. The van der Waals surface area contributed by atoms with Crippen LogP contribution >= 0.6 is 0 Å². The van der Waals surface area contributed by atoms with Crippen LogP contribution in [0.25, 0.3) is 11.0 Å². The lowest BCUT2D eigenvalue weighted by Gasteiger charge is -2.32. The van der Waals surface area contributed by atoms with E-state index in [2.05, 4.69) is 20.6 Å². The number of carbonyl (C=O) groups is 2. The van der Waals surface area contributed by atoms with Crippen LogP contribution in [-0.4, -0.2) is 39.9 Å². The van der Waals surface area contributed by atoms with Crippen molar-refractivity contribution in [2.24, 2.45) is 5.92 Å². The van der Waals surface area contributed by atoms with Gasteiger partial charge in [-0.3, -0.25) is 4.79 Å². The predicted molar refractivity (Wildman–Crippen MR) is 112 cm³/mol. The number of nitrogens with zero attached hydrogens (tertiary/aromatic N) is 2. The third kappa shape index (κ3) is 4.39. The maximum atomic E-state index is 12.8. The van der Waals surface area contributed by atoms with Crippen LogP contribution < -0.4 is 10.6 Å². The molecule has 3 aromatic rings. The van der Waals surface area contributed by atoms with Gasteiger partial charge in [0.15, 0.2) is 0 Å². The summed E-state index contributed by atoms with van der Waals surface area (Å²) >= 11 is 0. The third-order valence-electron chi connectivity index (χ3n) is 5.28. The van der Waals surface area contributed by atoms with Gasteiger partial charge in [-0.2, -0.15) is 0 Å². The molecule has 1 aromatic heterocycles. The number of aromatic amines is 1. The quantitative estimate of drug-likeness (QED) is 0.634. The van der Waals surface area contributed by atoms with Gasteiger partial charge in [0.05, 0.1) is 23.0 Å². The van der Waals surface area contributed by atoms with Gasteiger partial charge in [0.25, 0.3) is 0 Å². The number of piperidine rings is 1. The van der Waals surface area contributed by atoms with Crippen molar-refractivity contribution in [3.05, 3.63) is 60.4 Å². The molecule has 0 saturated carbocycles. The number of likely N-dealkylation sites (tertiary alicyclic amines) is 1. The zero-order chi connectivity index (χ0) is 20.2. The molecule has 0 aliphatic carbocycles. The molecule has 3 amide bonds. The van der Waals surface area contributed by atoms with Crippen LogP contribution in [0.1, 0.15) is 31.6 Å². The fourth-order valence-electron chi connectivity index (χ4n) is 3.68. The van der Waals surface area contributed by atoms with Crippen LogP contribution in [0.15, 0.2) is 54.6 Å². The van der Waals surface area contributed by atoms with E-state index in [0.717, 1.165) is 35.4 Å². The van der Waals surface area contributed by atoms with E-state index in [1.165, 1.54) is 0 Å². The van der Waals surface area contributed by atoms with Crippen molar-refractivity contribution in [2.45, 2.75) is 25.8 Å². The maximum Gasteiger partial charge on any atom is 0.321 e. The van der Waals surface area contributed by atoms with Gasteiger partial charge >= 0.3 is 6.03 Å². The molecule has 1 aliphatic heterocycles. The van der Waals surface area contributed by atoms with Gasteiger partial charge in [-0.25, -0.2) is 9.78 Å². The Morgan fingerprint density at radius 3 is 2.69 bits per heavy atom. The molecule has 1 fully saturated rings. The number of amides is 3. The summed E-state index contributed by atoms with van der Waals surface area (Å²) in [5.41, 5.74) is 2.58. The Kier molecular flexibility index (Phi) is 5.46. The Morgan fingerprint density at radius 1 is 1.14 bits per heavy atom. The molecule has 150 valence electrons. The molecular weight excluding hydrogens is 366 g/mol. The summed E-state index contributed by atoms with van der Waals surface area (Å²) in [6.07, 6.45) is 1.58. The van der Waals surface area contributed by atoms with Crippen molar-refractivity contribution >= 4 is 28.7 Å². The number of para-hydroxylation sites is 3. The highest BCUT2D eigenvalue weighted by atomic mass is 16.2. The summed E-state index contributed by atoms with van der Waals surface area (Å²) in [7, 11) is 0. The summed E-state index contributed by atoms with van der Waals surface area (Å²) in [5, 5.41) is 5.94. The molecule has 7 heteroatoms. The second-order valence-electron chi connectivity index (χ2n) is 7.45. The minimum absolute atomic E-state index is 0.0461. The van der Waals surface area contributed by atoms with Gasteiger partial charge in [0.1, 0.15) is 5.82 Å². The van der Waals surface area contributed by atoms with Crippen LogP contribution in [0.4, 0.5) is 10.5 Å². The van der Waals surface area contributed by atoms with Crippen molar-refractivity contribution in [1.29, 1.82) is 0 Å². The molecule has 2 heterocycles. The van der Waals surface area contributed by atoms with Crippen molar-refractivity contribution in [1.82, 2.24) is 20.2 Å². The number of H-pyrrole nitrogens is 1. The number of carbonyl (C=O) groups excluding carboxylic acids is 2. The molecule has 1 aliphatic rings. The molecule has 4 rings (SSSR count). The number of anilines is 1. The van der Waals surface area contributed by atoms with E-state index < -0.39 is 0 Å². The highest BCUT2D eigenvalue weighted by molar-refractivity contribution is 5.90. The molecule has 2 unspecified atom stereocenters. The average molecular weight is 391 g/mol. The molecule has 3 N–H and O–H groups in total. The van der Waals surface area contributed by atoms with Gasteiger partial charge in [-0.05, 0) is 44.0 Å². The smallest absolute Gasteiger partial charge is 0.321 e. The Labute approximate surface area is 169 Å². The van der Waals surface area contributed by atoms with Crippen LogP contribution in [0, 0.1) is 5.92 Å². The zero-order valence-electron chi connectivity index (χ0n) is 16.4. The Morgan fingerprint density at radius 2 is 1.90 bits per heavy atom. The number of hydrogen-bond acceptors (Lipinski definition) is 3. The largest absolute Gasteiger partial charge is 0.346 e. The first-order valence-electron chi connectivity index (χ1n) is 9.96. The molecule has 2 aromatic carbocycles. The number of imidazole rings is 1. The molecule has 29 heavy (non-hydrogen) atoms.